The van der Waals surface area contributed by atoms with Crippen molar-refractivity contribution in [1.82, 2.24) is 15.0 Å². The fourth-order valence-corrected chi connectivity index (χ4v) is 1.66. The first kappa shape index (κ1) is 15.0. The van der Waals surface area contributed by atoms with Gasteiger partial charge in [0.25, 0.3) is 0 Å². The van der Waals surface area contributed by atoms with Gasteiger partial charge in [-0.15, -0.1) is 0 Å². The van der Waals surface area contributed by atoms with Crippen molar-refractivity contribution in [3.63, 3.8) is 0 Å². The molecule has 1 aromatic heterocycles. The molecular weight excluding hydrogens is 273 g/mol. The number of rotatable bonds is 7. The minimum Gasteiger partial charge on any atom is -0.467 e. The van der Waals surface area contributed by atoms with Crippen molar-refractivity contribution >= 4 is 11.9 Å². The van der Waals surface area contributed by atoms with E-state index in [1.54, 1.807) is 18.2 Å². The van der Waals surface area contributed by atoms with Crippen molar-refractivity contribution in [2.45, 2.75) is 19.9 Å². The molecular formula is C14H18FN5O. The molecule has 0 spiro atoms. The van der Waals surface area contributed by atoms with Crippen LogP contribution in [0.25, 0.3) is 0 Å². The van der Waals surface area contributed by atoms with Crippen molar-refractivity contribution in [1.29, 1.82) is 0 Å². The summed E-state index contributed by atoms with van der Waals surface area (Å²) in [7, 11) is 1.49. The van der Waals surface area contributed by atoms with E-state index in [4.69, 9.17) is 4.74 Å². The second-order valence-electron chi connectivity index (χ2n) is 4.34. The van der Waals surface area contributed by atoms with E-state index in [2.05, 4.69) is 25.6 Å². The number of halogens is 1. The fourth-order valence-electron chi connectivity index (χ4n) is 1.66. The van der Waals surface area contributed by atoms with Gasteiger partial charge in [0.05, 0.1) is 7.11 Å². The van der Waals surface area contributed by atoms with E-state index in [1.807, 2.05) is 6.92 Å². The molecule has 0 atom stereocenters. The lowest BCUT2D eigenvalue weighted by molar-refractivity contribution is 0.379. The number of anilines is 2. The number of nitrogens with zero attached hydrogens (tertiary/aromatic N) is 3. The Bertz CT molecular complexity index is 593. The summed E-state index contributed by atoms with van der Waals surface area (Å²) >= 11 is 0. The summed E-state index contributed by atoms with van der Waals surface area (Å²) in [4.78, 5) is 12.4. The zero-order valence-electron chi connectivity index (χ0n) is 12.1. The molecule has 0 saturated heterocycles. The van der Waals surface area contributed by atoms with Gasteiger partial charge in [-0.3, -0.25) is 0 Å². The van der Waals surface area contributed by atoms with Gasteiger partial charge in [0.1, 0.15) is 5.82 Å². The van der Waals surface area contributed by atoms with Gasteiger partial charge in [-0.25, -0.2) is 4.39 Å². The lowest BCUT2D eigenvalue weighted by Gasteiger charge is -2.09. The summed E-state index contributed by atoms with van der Waals surface area (Å²) in [6.45, 7) is 3.08. The van der Waals surface area contributed by atoms with Gasteiger partial charge in [0.2, 0.25) is 11.9 Å². The molecule has 112 valence electrons. The minimum atomic E-state index is -0.268. The Morgan fingerprint density at radius 2 is 1.81 bits per heavy atom. The third kappa shape index (κ3) is 4.27. The number of ether oxygens (including phenoxy) is 1. The van der Waals surface area contributed by atoms with Gasteiger partial charge >= 0.3 is 6.01 Å². The Morgan fingerprint density at radius 3 is 2.48 bits per heavy atom. The maximum Gasteiger partial charge on any atom is 0.322 e. The van der Waals surface area contributed by atoms with Crippen LogP contribution in [0.15, 0.2) is 24.3 Å². The van der Waals surface area contributed by atoms with Crippen molar-refractivity contribution in [2.24, 2.45) is 0 Å². The molecule has 0 aliphatic carbocycles. The number of hydrogen-bond acceptors (Lipinski definition) is 6. The average molecular weight is 291 g/mol. The van der Waals surface area contributed by atoms with E-state index in [0.717, 1.165) is 13.0 Å². The summed E-state index contributed by atoms with van der Waals surface area (Å²) in [5.74, 6) is 0.499. The Balaban J connectivity index is 2.09. The first-order valence-electron chi connectivity index (χ1n) is 6.74. The van der Waals surface area contributed by atoms with Crippen LogP contribution in [0.5, 0.6) is 6.01 Å². The number of methoxy groups -OCH3 is 1. The highest BCUT2D eigenvalue weighted by Gasteiger charge is 2.07. The van der Waals surface area contributed by atoms with Gasteiger partial charge in [-0.05, 0) is 12.5 Å². The van der Waals surface area contributed by atoms with Crippen molar-refractivity contribution < 1.29 is 9.13 Å². The highest BCUT2D eigenvalue weighted by Crippen LogP contribution is 2.13. The van der Waals surface area contributed by atoms with Gasteiger partial charge in [0.15, 0.2) is 0 Å². The molecule has 2 aromatic rings. The Hall–Kier alpha value is -2.44. The molecule has 0 aliphatic rings. The summed E-state index contributed by atoms with van der Waals surface area (Å²) in [5, 5.41) is 6.03. The molecule has 2 rings (SSSR count). The zero-order valence-corrected chi connectivity index (χ0v) is 12.1. The third-order valence-corrected chi connectivity index (χ3v) is 2.73. The van der Waals surface area contributed by atoms with Crippen molar-refractivity contribution in [3.8, 4) is 6.01 Å². The molecule has 0 amide bonds. The summed E-state index contributed by atoms with van der Waals surface area (Å²) < 4.78 is 18.6. The van der Waals surface area contributed by atoms with E-state index < -0.39 is 0 Å². The van der Waals surface area contributed by atoms with Crippen LogP contribution in [0.2, 0.25) is 0 Å². The molecule has 6 nitrogen and oxygen atoms in total. The van der Waals surface area contributed by atoms with Crippen LogP contribution in [0.1, 0.15) is 18.9 Å². The van der Waals surface area contributed by atoms with E-state index in [0.29, 0.717) is 17.5 Å². The van der Waals surface area contributed by atoms with Crippen LogP contribution < -0.4 is 15.4 Å². The number of hydrogen-bond donors (Lipinski definition) is 2. The number of aromatic nitrogens is 3. The van der Waals surface area contributed by atoms with Crippen molar-refractivity contribution in [2.75, 3.05) is 24.3 Å². The second-order valence-corrected chi connectivity index (χ2v) is 4.34. The number of benzene rings is 1. The molecule has 0 fully saturated rings. The molecule has 2 N–H and O–H groups in total. The Labute approximate surface area is 122 Å². The fraction of sp³-hybridized carbons (Fsp3) is 0.357. The van der Waals surface area contributed by atoms with Crippen LogP contribution in [0.4, 0.5) is 16.3 Å². The second kappa shape index (κ2) is 7.37. The standard InChI is InChI=1S/C14H18FN5O/c1-3-8-16-12-18-13(20-14(19-12)21-2)17-9-10-6-4-5-7-11(10)15/h4-7H,3,8-9H2,1-2H3,(H2,16,17,18,19,20). The average Bonchev–Trinajstić information content (AvgIpc) is 2.52. The highest BCUT2D eigenvalue weighted by atomic mass is 19.1. The summed E-state index contributed by atoms with van der Waals surface area (Å²) in [6.07, 6.45) is 0.950. The Kier molecular flexibility index (Phi) is 5.25. The van der Waals surface area contributed by atoms with Crippen LogP contribution in [-0.4, -0.2) is 28.6 Å². The van der Waals surface area contributed by atoms with Crippen LogP contribution in [0, 0.1) is 5.82 Å². The lowest BCUT2D eigenvalue weighted by Crippen LogP contribution is -2.11. The summed E-state index contributed by atoms with van der Waals surface area (Å²) in [6, 6.07) is 6.76. The largest absolute Gasteiger partial charge is 0.467 e. The maximum absolute atomic E-state index is 13.6. The number of nitrogens with one attached hydrogen (secondary N) is 2. The topological polar surface area (TPSA) is 72.0 Å². The first-order chi connectivity index (χ1) is 10.2. The molecule has 7 heteroatoms. The van der Waals surface area contributed by atoms with E-state index in [9.17, 15) is 4.39 Å². The van der Waals surface area contributed by atoms with Crippen LogP contribution in [-0.2, 0) is 6.54 Å². The van der Waals surface area contributed by atoms with Gasteiger partial charge in [0, 0.05) is 18.7 Å². The highest BCUT2D eigenvalue weighted by molar-refractivity contribution is 5.36. The lowest BCUT2D eigenvalue weighted by atomic mass is 10.2. The van der Waals surface area contributed by atoms with E-state index in [-0.39, 0.29) is 18.4 Å². The quantitative estimate of drug-likeness (QED) is 0.816. The molecule has 1 heterocycles. The normalized spacial score (nSPS) is 10.2. The molecule has 0 radical (unpaired) electrons. The molecule has 0 bridgehead atoms. The minimum absolute atomic E-state index is 0.208. The molecule has 1 aromatic carbocycles. The smallest absolute Gasteiger partial charge is 0.322 e. The summed E-state index contributed by atoms with van der Waals surface area (Å²) in [5.41, 5.74) is 0.542. The SMILES string of the molecule is CCCNc1nc(NCc2ccccc2F)nc(OC)n1. The van der Waals surface area contributed by atoms with Crippen LogP contribution in [0.3, 0.4) is 0 Å². The predicted molar refractivity (Wildman–Crippen MR) is 78.9 cm³/mol. The maximum atomic E-state index is 13.6. The molecule has 21 heavy (non-hydrogen) atoms. The Morgan fingerprint density at radius 1 is 1.10 bits per heavy atom. The molecule has 0 saturated carbocycles. The molecule has 0 aliphatic heterocycles. The molecule has 0 unspecified atom stereocenters. The van der Waals surface area contributed by atoms with Crippen molar-refractivity contribution in [3.05, 3.63) is 35.6 Å². The van der Waals surface area contributed by atoms with E-state index >= 15 is 0 Å². The third-order valence-electron chi connectivity index (χ3n) is 2.73. The van der Waals surface area contributed by atoms with Gasteiger partial charge < -0.3 is 15.4 Å². The first-order valence-corrected chi connectivity index (χ1v) is 6.74. The van der Waals surface area contributed by atoms with Gasteiger partial charge in [-0.1, -0.05) is 25.1 Å². The van der Waals surface area contributed by atoms with Crippen LogP contribution >= 0.6 is 0 Å². The van der Waals surface area contributed by atoms with E-state index in [1.165, 1.54) is 13.2 Å². The monoisotopic (exact) mass is 291 g/mol. The zero-order chi connectivity index (χ0) is 15.1. The van der Waals surface area contributed by atoms with Gasteiger partial charge in [-0.2, -0.15) is 15.0 Å². The predicted octanol–water partition coefficient (Wildman–Crippen LogP) is 2.45.